The summed E-state index contributed by atoms with van der Waals surface area (Å²) in [6, 6.07) is -0.745. The Morgan fingerprint density at radius 3 is 1.45 bits per heavy atom. The molecule has 0 spiro atoms. The van der Waals surface area contributed by atoms with Gasteiger partial charge in [-0.25, -0.2) is 0 Å². The fourth-order valence-corrected chi connectivity index (χ4v) is 6.38. The van der Waals surface area contributed by atoms with E-state index in [-0.39, 0.29) is 49.1 Å². The molecule has 8 nitrogen and oxygen atoms in total. The number of carboxylic acid groups (broad SMARTS) is 1. The Morgan fingerprint density at radius 1 is 0.500 bits per heavy atom. The number of rotatable bonds is 42. The van der Waals surface area contributed by atoms with E-state index in [0.29, 0.717) is 12.8 Å². The molecule has 0 saturated carbocycles. The average Bonchev–Trinajstić information content (AvgIpc) is 3.26. The number of ether oxygens (including phenoxy) is 3. The van der Waals surface area contributed by atoms with Crippen LogP contribution in [-0.4, -0.2) is 75.5 Å². The number of aliphatic carboxylic acids is 1. The number of nitrogens with zero attached hydrogens (tertiary/aromatic N) is 1. The Hall–Kier alpha value is -4.27. The lowest BCUT2D eigenvalue weighted by molar-refractivity contribution is -0.889. The summed E-state index contributed by atoms with van der Waals surface area (Å²) in [5.74, 6) is -1.83. The second-order valence-corrected chi connectivity index (χ2v) is 17.1. The number of hydrogen-bond acceptors (Lipinski definition) is 7. The Kier molecular flexibility index (Phi) is 42.3. The van der Waals surface area contributed by atoms with Gasteiger partial charge in [-0.05, 0) is 89.9 Å². The van der Waals surface area contributed by atoms with E-state index in [2.05, 4.69) is 129 Å². The summed E-state index contributed by atoms with van der Waals surface area (Å²) < 4.78 is 17.2. The monoisotopic (exact) mass is 888 g/mol. The second-order valence-electron chi connectivity index (χ2n) is 17.1. The molecule has 0 aliphatic carbocycles. The number of carbonyl (C=O) groups is 3. The van der Waals surface area contributed by atoms with Crippen LogP contribution in [-0.2, 0) is 28.6 Å². The van der Waals surface area contributed by atoms with E-state index in [9.17, 15) is 19.5 Å². The first-order valence-corrected chi connectivity index (χ1v) is 24.6. The molecule has 0 bridgehead atoms. The van der Waals surface area contributed by atoms with Crippen LogP contribution in [0.4, 0.5) is 0 Å². The zero-order chi connectivity index (χ0) is 47.0. The number of unbranched alkanes of at least 4 members (excludes halogenated alkanes) is 11. The Bertz CT molecular complexity index is 1450. The van der Waals surface area contributed by atoms with Crippen molar-refractivity contribution in [3.05, 3.63) is 122 Å². The molecule has 2 atom stereocenters. The minimum Gasteiger partial charge on any atom is -0.544 e. The normalized spacial score (nSPS) is 14.0. The molecule has 0 heterocycles. The molecule has 8 heteroatoms. The molecule has 0 rings (SSSR count). The lowest BCUT2D eigenvalue weighted by Crippen LogP contribution is -2.55. The van der Waals surface area contributed by atoms with Gasteiger partial charge in [0.1, 0.15) is 12.6 Å². The number of allylic oxidation sites excluding steroid dienone is 20. The van der Waals surface area contributed by atoms with Gasteiger partial charge in [-0.15, -0.1) is 0 Å². The van der Waals surface area contributed by atoms with Crippen molar-refractivity contribution in [2.75, 3.05) is 41.0 Å². The summed E-state index contributed by atoms with van der Waals surface area (Å²) in [7, 11) is 5.38. The summed E-state index contributed by atoms with van der Waals surface area (Å²) in [6.07, 6.45) is 63.6. The predicted octanol–water partition coefficient (Wildman–Crippen LogP) is 12.9. The lowest BCUT2D eigenvalue weighted by atomic mass is 10.1. The van der Waals surface area contributed by atoms with Crippen LogP contribution >= 0.6 is 0 Å². The van der Waals surface area contributed by atoms with Crippen molar-refractivity contribution in [1.82, 2.24) is 0 Å². The Labute approximate surface area is 391 Å². The molecule has 0 saturated heterocycles. The fourth-order valence-electron chi connectivity index (χ4n) is 6.38. The van der Waals surface area contributed by atoms with Crippen LogP contribution in [0.25, 0.3) is 0 Å². The number of likely N-dealkylation sites (N-methyl/N-ethyl adjacent to an activating group) is 1. The number of carboxylic acids is 1. The SMILES string of the molecule is CC/C=C/C/C=C/C/C=C/C/C=C/C/C=C/C/C=C/CCCCCC(=O)OC(COCCC(C(=O)[O-])[N+](C)(C)C)COC(=O)CCCCCCC/C=C/C=C/C=C/C=C/CCCCC. The van der Waals surface area contributed by atoms with Crippen LogP contribution in [0, 0.1) is 0 Å². The number of esters is 2. The maximum atomic E-state index is 12.8. The van der Waals surface area contributed by atoms with Crippen LogP contribution in [0.5, 0.6) is 0 Å². The smallest absolute Gasteiger partial charge is 0.306 e. The summed E-state index contributed by atoms with van der Waals surface area (Å²) in [4.78, 5) is 37.0. The Morgan fingerprint density at radius 2 is 0.938 bits per heavy atom. The molecule has 360 valence electrons. The van der Waals surface area contributed by atoms with Gasteiger partial charge in [0, 0.05) is 19.3 Å². The highest BCUT2D eigenvalue weighted by Crippen LogP contribution is 2.12. The van der Waals surface area contributed by atoms with Crippen molar-refractivity contribution in [2.24, 2.45) is 0 Å². The number of carbonyl (C=O) groups excluding carboxylic acids is 3. The third-order valence-electron chi connectivity index (χ3n) is 10.2. The van der Waals surface area contributed by atoms with Gasteiger partial charge in [0.15, 0.2) is 6.10 Å². The van der Waals surface area contributed by atoms with E-state index in [4.69, 9.17) is 14.2 Å². The largest absolute Gasteiger partial charge is 0.544 e. The van der Waals surface area contributed by atoms with Gasteiger partial charge in [-0.2, -0.15) is 0 Å². The van der Waals surface area contributed by atoms with E-state index in [1.54, 1.807) is 21.1 Å². The van der Waals surface area contributed by atoms with E-state index in [1.807, 2.05) is 6.08 Å². The summed E-state index contributed by atoms with van der Waals surface area (Å²) in [5.41, 5.74) is 0. The topological polar surface area (TPSA) is 102 Å². The molecule has 0 aromatic rings. The lowest BCUT2D eigenvalue weighted by Gasteiger charge is -2.34. The highest BCUT2D eigenvalue weighted by molar-refractivity contribution is 5.70. The van der Waals surface area contributed by atoms with E-state index >= 15 is 0 Å². The molecule has 0 aliphatic rings. The van der Waals surface area contributed by atoms with Crippen molar-refractivity contribution in [2.45, 2.75) is 174 Å². The van der Waals surface area contributed by atoms with E-state index < -0.39 is 18.1 Å². The predicted molar refractivity (Wildman–Crippen MR) is 267 cm³/mol. The van der Waals surface area contributed by atoms with Crippen LogP contribution in [0.1, 0.15) is 162 Å². The average molecular weight is 888 g/mol. The highest BCUT2D eigenvalue weighted by atomic mass is 16.6. The number of quaternary nitrogens is 1. The van der Waals surface area contributed by atoms with Gasteiger partial charge in [-0.3, -0.25) is 9.59 Å². The molecule has 0 fully saturated rings. The molecule has 64 heavy (non-hydrogen) atoms. The molecular formula is C56H89NO7. The third kappa shape index (κ3) is 43.0. The molecule has 0 N–H and O–H groups in total. The maximum Gasteiger partial charge on any atom is 0.306 e. The van der Waals surface area contributed by atoms with Crippen LogP contribution < -0.4 is 5.11 Å². The summed E-state index contributed by atoms with van der Waals surface area (Å²) in [5, 5.41) is 11.7. The van der Waals surface area contributed by atoms with Crippen molar-refractivity contribution in [1.29, 1.82) is 0 Å². The molecule has 0 radical (unpaired) electrons. The van der Waals surface area contributed by atoms with Gasteiger partial charge >= 0.3 is 11.9 Å². The maximum absolute atomic E-state index is 12.8. The van der Waals surface area contributed by atoms with Gasteiger partial charge in [0.2, 0.25) is 0 Å². The van der Waals surface area contributed by atoms with Gasteiger partial charge < -0.3 is 28.6 Å². The Balaban J connectivity index is 4.44. The van der Waals surface area contributed by atoms with Gasteiger partial charge in [-0.1, -0.05) is 174 Å². The first kappa shape index (κ1) is 59.7. The minimum absolute atomic E-state index is 0.0100. The fraction of sp³-hybridized carbons (Fsp3) is 0.589. The summed E-state index contributed by atoms with van der Waals surface area (Å²) in [6.45, 7) is 4.43. The van der Waals surface area contributed by atoms with Crippen molar-refractivity contribution in [3.63, 3.8) is 0 Å². The first-order chi connectivity index (χ1) is 31.1. The van der Waals surface area contributed by atoms with Crippen molar-refractivity contribution in [3.8, 4) is 0 Å². The van der Waals surface area contributed by atoms with Crippen molar-refractivity contribution >= 4 is 17.9 Å². The van der Waals surface area contributed by atoms with Gasteiger partial charge in [0.05, 0.1) is 40.3 Å². The molecule has 0 amide bonds. The van der Waals surface area contributed by atoms with Crippen LogP contribution in [0.3, 0.4) is 0 Å². The van der Waals surface area contributed by atoms with Gasteiger partial charge in [0.25, 0.3) is 0 Å². The molecule has 2 unspecified atom stereocenters. The van der Waals surface area contributed by atoms with E-state index in [0.717, 1.165) is 103 Å². The zero-order valence-electron chi connectivity index (χ0n) is 40.9. The van der Waals surface area contributed by atoms with E-state index in [1.165, 1.54) is 19.3 Å². The third-order valence-corrected chi connectivity index (χ3v) is 10.2. The standard InChI is InChI=1S/C56H89NO7/c1-6-8-10-12-14-16-18-20-22-24-26-27-28-29-31-33-35-37-39-41-43-45-47-55(59)64-52(50-62-49-48-53(56(60)61)57(3,4)5)51-63-54(58)46-44-42-40-38-36-34-32-30-25-23-21-19-17-15-13-11-9-7-2/h8,10,14-17,19-23,25-27,29-32,35,37,52-53H,6-7,9,11-13,18,24,28,33-34,36,38-51H2,1-5H3/b10-8+,16-14+,17-15+,21-19+,22-20+,25-23+,27-26+,31-29+,32-30+,37-35+. The number of hydrogen-bond donors (Lipinski definition) is 0. The molecule has 0 aliphatic heterocycles. The quantitative estimate of drug-likeness (QED) is 0.0198. The molecular weight excluding hydrogens is 799 g/mol. The first-order valence-electron chi connectivity index (χ1n) is 24.6. The van der Waals surface area contributed by atoms with Crippen molar-refractivity contribution < 1.29 is 38.2 Å². The minimum atomic E-state index is -1.14. The summed E-state index contributed by atoms with van der Waals surface area (Å²) >= 11 is 0. The highest BCUT2D eigenvalue weighted by Gasteiger charge is 2.25. The molecule has 0 aromatic carbocycles. The second kappa shape index (κ2) is 45.3. The zero-order valence-corrected chi connectivity index (χ0v) is 40.9. The van der Waals surface area contributed by atoms with Crippen LogP contribution in [0.15, 0.2) is 122 Å². The van der Waals surface area contributed by atoms with Crippen LogP contribution in [0.2, 0.25) is 0 Å². The molecule has 0 aromatic heterocycles.